The molecule has 0 bridgehead atoms. The molecule has 10 heteroatoms. The van der Waals surface area contributed by atoms with Crippen LogP contribution in [0, 0.1) is 32.1 Å². The fourth-order valence-electron chi connectivity index (χ4n) is 4.14. The van der Waals surface area contributed by atoms with E-state index in [1.54, 1.807) is 48.7 Å². The fourth-order valence-corrected chi connectivity index (χ4v) is 4.14. The summed E-state index contributed by atoms with van der Waals surface area (Å²) in [4.78, 5) is 51.6. The molecule has 0 radical (unpaired) electrons. The summed E-state index contributed by atoms with van der Waals surface area (Å²) in [5.74, 6) is -1.88. The van der Waals surface area contributed by atoms with Crippen LogP contribution in [0.25, 0.3) is 0 Å². The van der Waals surface area contributed by atoms with Gasteiger partial charge in [-0.3, -0.25) is 19.3 Å². The number of aromatic nitrogens is 1. The van der Waals surface area contributed by atoms with E-state index in [9.17, 15) is 24.4 Å². The maximum absolute atomic E-state index is 12.7. The largest absolute Gasteiger partial charge is 0.467 e. The molecule has 3 amide bonds. The van der Waals surface area contributed by atoms with E-state index in [1.807, 2.05) is 6.92 Å². The normalized spacial score (nSPS) is 13.4. The molecule has 1 aromatic carbocycles. The Bertz CT molecular complexity index is 1430. The van der Waals surface area contributed by atoms with Gasteiger partial charge in [-0.2, -0.15) is 5.26 Å². The Morgan fingerprint density at radius 1 is 1.14 bits per heavy atom. The van der Waals surface area contributed by atoms with Gasteiger partial charge >= 0.3 is 5.97 Å². The lowest BCUT2D eigenvalue weighted by atomic mass is 10.1. The molecule has 1 aliphatic rings. The fraction of sp³-hybridized carbons (Fsp3) is 0.269. The first-order chi connectivity index (χ1) is 17.1. The van der Waals surface area contributed by atoms with Crippen LogP contribution in [0.3, 0.4) is 0 Å². The second-order valence-electron chi connectivity index (χ2n) is 8.57. The highest BCUT2D eigenvalue weighted by molar-refractivity contribution is 6.22. The highest BCUT2D eigenvalue weighted by Gasteiger charge is 2.41. The zero-order valence-electron chi connectivity index (χ0n) is 20.2. The van der Waals surface area contributed by atoms with Crippen molar-refractivity contribution in [2.45, 2.75) is 40.3 Å². The maximum Gasteiger partial charge on any atom is 0.329 e. The Kier molecular flexibility index (Phi) is 6.49. The number of hydrogen-bond acceptors (Lipinski definition) is 7. The lowest BCUT2D eigenvalue weighted by molar-refractivity contribution is -0.150. The van der Waals surface area contributed by atoms with Crippen LogP contribution in [0.15, 0.2) is 41.0 Å². The number of nitriles is 1. The number of furan rings is 1. The van der Waals surface area contributed by atoms with E-state index in [2.05, 4.69) is 11.4 Å². The van der Waals surface area contributed by atoms with Crippen LogP contribution in [-0.2, 0) is 20.9 Å². The molecule has 0 saturated heterocycles. The highest BCUT2D eigenvalue weighted by atomic mass is 16.5. The van der Waals surface area contributed by atoms with Gasteiger partial charge in [-0.1, -0.05) is 11.6 Å². The Morgan fingerprint density at radius 3 is 2.53 bits per heavy atom. The van der Waals surface area contributed by atoms with E-state index in [0.717, 1.165) is 16.2 Å². The molecule has 1 atom stereocenters. The molecule has 3 aromatic rings. The average Bonchev–Trinajstić information content (AvgIpc) is 3.51. The third kappa shape index (κ3) is 4.27. The van der Waals surface area contributed by atoms with Gasteiger partial charge in [0.15, 0.2) is 6.61 Å². The topological polar surface area (TPSA) is 135 Å². The predicted molar refractivity (Wildman–Crippen MR) is 127 cm³/mol. The van der Waals surface area contributed by atoms with Crippen LogP contribution in [0.2, 0.25) is 0 Å². The lowest BCUT2D eigenvalue weighted by Gasteiger charge is -2.20. The van der Waals surface area contributed by atoms with Crippen molar-refractivity contribution in [3.05, 3.63) is 75.9 Å². The van der Waals surface area contributed by atoms with Gasteiger partial charge in [0, 0.05) is 5.69 Å². The van der Waals surface area contributed by atoms with Crippen molar-refractivity contribution in [2.75, 3.05) is 11.9 Å². The van der Waals surface area contributed by atoms with E-state index < -0.39 is 36.3 Å². The molecular weight excluding hydrogens is 464 g/mol. The Hall–Kier alpha value is -4.65. The van der Waals surface area contributed by atoms with Gasteiger partial charge < -0.3 is 19.0 Å². The maximum atomic E-state index is 12.7. The van der Waals surface area contributed by atoms with Crippen molar-refractivity contribution in [2.24, 2.45) is 0 Å². The Balaban J connectivity index is 1.44. The molecule has 184 valence electrons. The number of carbonyl (C=O) groups is 4. The van der Waals surface area contributed by atoms with Crippen molar-refractivity contribution >= 4 is 29.5 Å². The minimum atomic E-state index is -1.23. The monoisotopic (exact) mass is 488 g/mol. The number of nitrogens with one attached hydrogen (secondary N) is 1. The van der Waals surface area contributed by atoms with E-state index in [4.69, 9.17) is 9.15 Å². The van der Waals surface area contributed by atoms with E-state index >= 15 is 0 Å². The summed E-state index contributed by atoms with van der Waals surface area (Å²) in [6, 6.07) is 9.23. The number of aryl methyl sites for hydroxylation is 1. The Morgan fingerprint density at radius 2 is 1.86 bits per heavy atom. The number of benzene rings is 1. The molecule has 2 aromatic heterocycles. The van der Waals surface area contributed by atoms with Gasteiger partial charge in [0.2, 0.25) is 0 Å². The number of carbonyl (C=O) groups excluding carboxylic acids is 4. The molecule has 1 N–H and O–H groups in total. The third-order valence-electron chi connectivity index (χ3n) is 6.24. The SMILES string of the molecule is Cc1ccc2c(c1)C(=O)N(C(C)C(=O)OCC(=O)Nc1c(C#N)c(C)c(C)n1Cc1ccco1)C2=O. The van der Waals surface area contributed by atoms with Gasteiger partial charge in [0.25, 0.3) is 17.7 Å². The van der Waals surface area contributed by atoms with Gasteiger partial charge in [0.1, 0.15) is 23.7 Å². The minimum Gasteiger partial charge on any atom is -0.467 e. The molecule has 1 unspecified atom stereocenters. The number of amides is 3. The van der Waals surface area contributed by atoms with Crippen molar-refractivity contribution < 1.29 is 28.3 Å². The molecule has 0 spiro atoms. The average molecular weight is 489 g/mol. The number of esters is 1. The second kappa shape index (κ2) is 9.54. The van der Waals surface area contributed by atoms with Crippen molar-refractivity contribution in [3.8, 4) is 6.07 Å². The summed E-state index contributed by atoms with van der Waals surface area (Å²) in [6.07, 6.45) is 1.53. The molecule has 4 rings (SSSR count). The van der Waals surface area contributed by atoms with E-state index in [-0.39, 0.29) is 29.1 Å². The molecule has 10 nitrogen and oxygen atoms in total. The summed E-state index contributed by atoms with van der Waals surface area (Å²) in [5.41, 5.74) is 3.01. The van der Waals surface area contributed by atoms with Gasteiger partial charge in [-0.25, -0.2) is 4.79 Å². The summed E-state index contributed by atoms with van der Waals surface area (Å²) >= 11 is 0. The number of imide groups is 1. The third-order valence-corrected chi connectivity index (χ3v) is 6.24. The number of fused-ring (bicyclic) bond motifs is 1. The van der Waals surface area contributed by atoms with E-state index in [1.165, 1.54) is 13.2 Å². The number of hydrogen-bond donors (Lipinski definition) is 1. The molecule has 3 heterocycles. The van der Waals surface area contributed by atoms with Crippen LogP contribution in [0.5, 0.6) is 0 Å². The van der Waals surface area contributed by atoms with Crippen molar-refractivity contribution in [3.63, 3.8) is 0 Å². The summed E-state index contributed by atoms with van der Waals surface area (Å²) in [6.45, 7) is 6.37. The number of anilines is 1. The zero-order valence-corrected chi connectivity index (χ0v) is 20.2. The van der Waals surface area contributed by atoms with Crippen LogP contribution < -0.4 is 5.32 Å². The van der Waals surface area contributed by atoms with E-state index in [0.29, 0.717) is 11.3 Å². The molecule has 0 fully saturated rings. The van der Waals surface area contributed by atoms with Crippen LogP contribution in [0.4, 0.5) is 5.82 Å². The lowest BCUT2D eigenvalue weighted by Crippen LogP contribution is -2.44. The van der Waals surface area contributed by atoms with Gasteiger partial charge in [-0.05, 0) is 57.5 Å². The predicted octanol–water partition coefficient (Wildman–Crippen LogP) is 3.09. The van der Waals surface area contributed by atoms with Crippen LogP contribution in [-0.4, -0.2) is 45.8 Å². The van der Waals surface area contributed by atoms with Gasteiger partial charge in [0.05, 0.1) is 29.5 Å². The molecule has 1 aliphatic heterocycles. The standard InChI is InChI=1S/C26H24N4O6/c1-14-7-8-19-20(10-14)25(33)30(24(19)32)17(4)26(34)36-13-22(31)28-23-21(11-27)15(2)16(3)29(23)12-18-6-5-9-35-18/h5-10,17H,12-13H2,1-4H3,(H,28,31). The number of ether oxygens (including phenoxy) is 1. The smallest absolute Gasteiger partial charge is 0.329 e. The zero-order chi connectivity index (χ0) is 26.1. The summed E-state index contributed by atoms with van der Waals surface area (Å²) in [7, 11) is 0. The minimum absolute atomic E-state index is 0.218. The first-order valence-electron chi connectivity index (χ1n) is 11.2. The van der Waals surface area contributed by atoms with Crippen LogP contribution in [0.1, 0.15) is 55.8 Å². The molecule has 0 saturated carbocycles. The summed E-state index contributed by atoms with van der Waals surface area (Å²) < 4.78 is 12.2. The number of nitrogens with zero attached hydrogens (tertiary/aromatic N) is 3. The van der Waals surface area contributed by atoms with Crippen LogP contribution >= 0.6 is 0 Å². The molecule has 0 aliphatic carbocycles. The Labute approximate surface area is 207 Å². The van der Waals surface area contributed by atoms with Crippen molar-refractivity contribution in [1.82, 2.24) is 9.47 Å². The second-order valence-corrected chi connectivity index (χ2v) is 8.57. The quantitative estimate of drug-likeness (QED) is 0.399. The molecular formula is C26H24N4O6. The first kappa shape index (κ1) is 24.5. The summed E-state index contributed by atoms with van der Waals surface area (Å²) in [5, 5.41) is 12.3. The highest BCUT2D eigenvalue weighted by Crippen LogP contribution is 2.28. The first-order valence-corrected chi connectivity index (χ1v) is 11.2. The number of rotatable bonds is 7. The van der Waals surface area contributed by atoms with Crippen molar-refractivity contribution in [1.29, 1.82) is 5.26 Å². The van der Waals surface area contributed by atoms with Gasteiger partial charge in [-0.15, -0.1) is 0 Å². The molecule has 36 heavy (non-hydrogen) atoms.